The summed E-state index contributed by atoms with van der Waals surface area (Å²) in [6, 6.07) is 3.96. The lowest BCUT2D eigenvalue weighted by Crippen LogP contribution is -1.92. The van der Waals surface area contributed by atoms with Gasteiger partial charge in [0.05, 0.1) is 5.69 Å². The van der Waals surface area contributed by atoms with Crippen molar-refractivity contribution in [3.8, 4) is 0 Å². The molecule has 0 fully saturated rings. The Morgan fingerprint density at radius 2 is 2.08 bits per heavy atom. The third-order valence-corrected chi connectivity index (χ3v) is 2.15. The molecule has 0 radical (unpaired) electrons. The van der Waals surface area contributed by atoms with E-state index in [0.29, 0.717) is 0 Å². The normalized spacial score (nSPS) is 10.2. The Labute approximate surface area is 81.5 Å². The second-order valence-electron chi connectivity index (χ2n) is 2.80. The number of rotatable bonds is 4. The van der Waals surface area contributed by atoms with E-state index in [9.17, 15) is 0 Å². The molecule has 0 aliphatic heterocycles. The van der Waals surface area contributed by atoms with Gasteiger partial charge >= 0.3 is 0 Å². The van der Waals surface area contributed by atoms with Gasteiger partial charge in [-0.3, -0.25) is 0 Å². The van der Waals surface area contributed by atoms with Gasteiger partial charge in [0.1, 0.15) is 4.60 Å². The number of aromatic nitrogens is 2. The minimum absolute atomic E-state index is 0.807. The number of nitrogens with zero attached hydrogens (tertiary/aromatic N) is 2. The van der Waals surface area contributed by atoms with Crippen LogP contribution in [0.4, 0.5) is 0 Å². The van der Waals surface area contributed by atoms with Crippen LogP contribution >= 0.6 is 15.9 Å². The molecule has 1 heterocycles. The summed E-state index contributed by atoms with van der Waals surface area (Å²) in [5.74, 6) is 0. The number of halogens is 1. The number of hydrogen-bond acceptors (Lipinski definition) is 2. The molecule has 1 rings (SSSR count). The molecule has 0 atom stereocenters. The van der Waals surface area contributed by atoms with Crippen molar-refractivity contribution in [2.75, 3.05) is 0 Å². The summed E-state index contributed by atoms with van der Waals surface area (Å²) in [6.07, 6.45) is 4.79. The van der Waals surface area contributed by atoms with E-state index in [1.807, 2.05) is 12.1 Å². The summed E-state index contributed by atoms with van der Waals surface area (Å²) < 4.78 is 0.807. The van der Waals surface area contributed by atoms with Crippen molar-refractivity contribution in [3.05, 3.63) is 22.4 Å². The Hall–Kier alpha value is -0.440. The molecule has 0 spiro atoms. The molecule has 0 amide bonds. The van der Waals surface area contributed by atoms with Crippen LogP contribution in [-0.2, 0) is 6.42 Å². The standard InChI is InChI=1S/C9H13BrN2/c1-2-3-4-5-8-6-7-9(10)12-11-8/h6-7H,2-5H2,1H3. The molecule has 0 saturated heterocycles. The van der Waals surface area contributed by atoms with Crippen LogP contribution in [0.15, 0.2) is 16.7 Å². The Bertz CT molecular complexity index is 220. The highest BCUT2D eigenvalue weighted by Gasteiger charge is 1.94. The maximum absolute atomic E-state index is 4.05. The molecular weight excluding hydrogens is 216 g/mol. The van der Waals surface area contributed by atoms with Crippen LogP contribution in [0.2, 0.25) is 0 Å². The van der Waals surface area contributed by atoms with E-state index in [0.717, 1.165) is 16.7 Å². The van der Waals surface area contributed by atoms with Crippen molar-refractivity contribution in [1.29, 1.82) is 0 Å². The van der Waals surface area contributed by atoms with Gasteiger partial charge in [-0.2, -0.15) is 5.10 Å². The van der Waals surface area contributed by atoms with Crippen LogP contribution in [0, 0.1) is 0 Å². The molecule has 0 aliphatic carbocycles. The van der Waals surface area contributed by atoms with E-state index in [1.165, 1.54) is 19.3 Å². The molecule has 1 aromatic rings. The summed E-state index contributed by atoms with van der Waals surface area (Å²) in [4.78, 5) is 0. The van der Waals surface area contributed by atoms with Gasteiger partial charge in [0.2, 0.25) is 0 Å². The highest BCUT2D eigenvalue weighted by atomic mass is 79.9. The first-order chi connectivity index (χ1) is 5.83. The maximum atomic E-state index is 4.05. The number of hydrogen-bond donors (Lipinski definition) is 0. The highest BCUT2D eigenvalue weighted by Crippen LogP contribution is 2.06. The lowest BCUT2D eigenvalue weighted by atomic mass is 10.1. The summed E-state index contributed by atoms with van der Waals surface area (Å²) in [6.45, 7) is 2.20. The molecule has 0 bridgehead atoms. The third-order valence-electron chi connectivity index (χ3n) is 1.72. The maximum Gasteiger partial charge on any atom is 0.128 e. The second-order valence-corrected chi connectivity index (χ2v) is 3.62. The number of aryl methyl sites for hydroxylation is 1. The Kier molecular flexibility index (Phi) is 4.22. The number of unbranched alkanes of at least 4 members (excludes halogenated alkanes) is 2. The molecule has 0 saturated carbocycles. The minimum atomic E-state index is 0.807. The first kappa shape index (κ1) is 9.65. The third kappa shape index (κ3) is 3.30. The van der Waals surface area contributed by atoms with Crippen molar-refractivity contribution < 1.29 is 0 Å². The molecule has 0 N–H and O–H groups in total. The van der Waals surface area contributed by atoms with E-state index >= 15 is 0 Å². The van der Waals surface area contributed by atoms with Crippen molar-refractivity contribution in [3.63, 3.8) is 0 Å². The van der Waals surface area contributed by atoms with Crippen LogP contribution in [0.25, 0.3) is 0 Å². The van der Waals surface area contributed by atoms with Gasteiger partial charge in [-0.1, -0.05) is 19.8 Å². The Morgan fingerprint density at radius 3 is 2.67 bits per heavy atom. The van der Waals surface area contributed by atoms with E-state index < -0.39 is 0 Å². The Morgan fingerprint density at radius 1 is 1.25 bits per heavy atom. The molecule has 0 aliphatic rings. The zero-order valence-corrected chi connectivity index (χ0v) is 8.84. The largest absolute Gasteiger partial charge is 0.155 e. The average molecular weight is 229 g/mol. The van der Waals surface area contributed by atoms with Crippen LogP contribution in [0.1, 0.15) is 31.9 Å². The molecule has 2 nitrogen and oxygen atoms in total. The summed E-state index contributed by atoms with van der Waals surface area (Å²) >= 11 is 3.25. The van der Waals surface area contributed by atoms with Crippen molar-refractivity contribution in [1.82, 2.24) is 10.2 Å². The quantitative estimate of drug-likeness (QED) is 0.741. The van der Waals surface area contributed by atoms with E-state index in [-0.39, 0.29) is 0 Å². The van der Waals surface area contributed by atoms with Gasteiger partial charge in [-0.15, -0.1) is 5.10 Å². The van der Waals surface area contributed by atoms with Gasteiger partial charge in [0.15, 0.2) is 0 Å². The molecule has 66 valence electrons. The molecule has 12 heavy (non-hydrogen) atoms. The van der Waals surface area contributed by atoms with Crippen molar-refractivity contribution in [2.45, 2.75) is 32.6 Å². The second kappa shape index (κ2) is 5.25. The minimum Gasteiger partial charge on any atom is -0.155 e. The van der Waals surface area contributed by atoms with Crippen LogP contribution in [-0.4, -0.2) is 10.2 Å². The predicted octanol–water partition coefficient (Wildman–Crippen LogP) is 2.97. The molecule has 3 heteroatoms. The van der Waals surface area contributed by atoms with E-state index in [4.69, 9.17) is 0 Å². The fourth-order valence-electron chi connectivity index (χ4n) is 1.03. The van der Waals surface area contributed by atoms with Gasteiger partial charge in [0.25, 0.3) is 0 Å². The highest BCUT2D eigenvalue weighted by molar-refractivity contribution is 9.10. The fraction of sp³-hybridized carbons (Fsp3) is 0.556. The predicted molar refractivity (Wildman–Crippen MR) is 53.0 cm³/mol. The zero-order valence-electron chi connectivity index (χ0n) is 7.26. The van der Waals surface area contributed by atoms with Gasteiger partial charge in [-0.05, 0) is 40.9 Å². The van der Waals surface area contributed by atoms with E-state index in [2.05, 4.69) is 33.1 Å². The van der Waals surface area contributed by atoms with Gasteiger partial charge < -0.3 is 0 Å². The SMILES string of the molecule is CCCCCc1ccc(Br)nn1. The average Bonchev–Trinajstić information content (AvgIpc) is 2.09. The van der Waals surface area contributed by atoms with E-state index in [1.54, 1.807) is 0 Å². The van der Waals surface area contributed by atoms with Gasteiger partial charge in [0, 0.05) is 0 Å². The van der Waals surface area contributed by atoms with Gasteiger partial charge in [-0.25, -0.2) is 0 Å². The monoisotopic (exact) mass is 228 g/mol. The van der Waals surface area contributed by atoms with Crippen molar-refractivity contribution >= 4 is 15.9 Å². The lowest BCUT2D eigenvalue weighted by molar-refractivity contribution is 0.698. The van der Waals surface area contributed by atoms with Crippen LogP contribution in [0.5, 0.6) is 0 Å². The first-order valence-corrected chi connectivity index (χ1v) is 5.10. The molecule has 0 aromatic carbocycles. The summed E-state index contributed by atoms with van der Waals surface area (Å²) in [5.41, 5.74) is 1.09. The van der Waals surface area contributed by atoms with Crippen LogP contribution < -0.4 is 0 Å². The topological polar surface area (TPSA) is 25.8 Å². The van der Waals surface area contributed by atoms with Crippen LogP contribution in [0.3, 0.4) is 0 Å². The Balaban J connectivity index is 2.37. The lowest BCUT2D eigenvalue weighted by Gasteiger charge is -1.97. The molecular formula is C9H13BrN2. The first-order valence-electron chi connectivity index (χ1n) is 4.31. The zero-order chi connectivity index (χ0) is 8.81. The van der Waals surface area contributed by atoms with Crippen molar-refractivity contribution in [2.24, 2.45) is 0 Å². The smallest absolute Gasteiger partial charge is 0.128 e. The molecule has 0 unspecified atom stereocenters. The summed E-state index contributed by atoms with van der Waals surface area (Å²) in [7, 11) is 0. The molecule has 1 aromatic heterocycles. The summed E-state index contributed by atoms with van der Waals surface area (Å²) in [5, 5.41) is 7.98. The fourth-order valence-corrected chi connectivity index (χ4v) is 1.24.